The molecule has 2 aromatic rings. The van der Waals surface area contributed by atoms with Gasteiger partial charge in [0, 0.05) is 5.56 Å². The van der Waals surface area contributed by atoms with Crippen molar-refractivity contribution in [2.75, 3.05) is 13.4 Å². The molecule has 4 nitrogen and oxygen atoms in total. The normalized spacial score (nSPS) is 9.58. The Morgan fingerprint density at radius 3 is 2.50 bits per heavy atom. The van der Waals surface area contributed by atoms with Crippen molar-refractivity contribution in [3.05, 3.63) is 71.4 Å². The maximum absolute atomic E-state index is 12.5. The Kier molecular flexibility index (Phi) is 8.63. The van der Waals surface area contributed by atoms with E-state index in [1.807, 2.05) is 42.7 Å². The molecule has 2 aromatic carbocycles. The van der Waals surface area contributed by atoms with Crippen LogP contribution in [-0.4, -0.2) is 25.2 Å². The standard InChI is InChI=1S/C18H18NO3S.Pd/c1-22-17(20)12-11-13-7-3-4-8-14(13)18(21)19-15-9-5-6-10-16(15)23-2;/h3-10,12H,11H2,1-2H3,(H,19,21);/q-1;+2/p-1. The van der Waals surface area contributed by atoms with Crippen LogP contribution in [0, 0.1) is 6.42 Å². The van der Waals surface area contributed by atoms with Gasteiger partial charge in [0.05, 0.1) is 13.0 Å². The van der Waals surface area contributed by atoms with Gasteiger partial charge in [0.15, 0.2) is 5.97 Å². The molecule has 2 rings (SSSR count). The quantitative estimate of drug-likeness (QED) is 0.297. The van der Waals surface area contributed by atoms with Crippen LogP contribution in [0.4, 0.5) is 5.69 Å². The molecular formula is C18H17NO3PdS. The average molecular weight is 434 g/mol. The number of methoxy groups -OCH3 is 1. The first-order valence-electron chi connectivity index (χ1n) is 7.04. The molecule has 0 heterocycles. The van der Waals surface area contributed by atoms with E-state index in [9.17, 15) is 9.59 Å². The molecule has 0 aliphatic rings. The molecule has 24 heavy (non-hydrogen) atoms. The Morgan fingerprint density at radius 1 is 1.12 bits per heavy atom. The molecule has 0 aliphatic carbocycles. The molecule has 128 valence electrons. The van der Waals surface area contributed by atoms with E-state index in [1.54, 1.807) is 23.9 Å². The van der Waals surface area contributed by atoms with Gasteiger partial charge in [-0.25, -0.2) is 0 Å². The molecule has 0 atom stereocenters. The number of hydrogen-bond acceptors (Lipinski definition) is 4. The molecule has 0 bridgehead atoms. The van der Waals surface area contributed by atoms with E-state index in [1.165, 1.54) is 13.5 Å². The number of nitrogens with zero attached hydrogens (tertiary/aromatic N) is 1. The second-order valence-corrected chi connectivity index (χ2v) is 5.53. The number of esters is 1. The van der Waals surface area contributed by atoms with Crippen LogP contribution in [0.5, 0.6) is 0 Å². The van der Waals surface area contributed by atoms with E-state index < -0.39 is 5.97 Å². The van der Waals surface area contributed by atoms with Gasteiger partial charge in [-0.1, -0.05) is 48.0 Å². The van der Waals surface area contributed by atoms with Crippen LogP contribution in [-0.2, 0) is 36.4 Å². The minimum absolute atomic E-state index is 0. The number of amides is 1. The number of para-hydroxylation sites is 1. The van der Waals surface area contributed by atoms with Gasteiger partial charge in [0.1, 0.15) is 0 Å². The Balaban J connectivity index is 0.00000288. The van der Waals surface area contributed by atoms with Crippen LogP contribution < -0.4 is 0 Å². The van der Waals surface area contributed by atoms with Gasteiger partial charge >= 0.3 is 20.4 Å². The molecule has 0 aliphatic heterocycles. The van der Waals surface area contributed by atoms with Gasteiger partial charge < -0.3 is 14.8 Å². The van der Waals surface area contributed by atoms with E-state index in [0.717, 1.165) is 10.5 Å². The zero-order valence-electron chi connectivity index (χ0n) is 13.3. The van der Waals surface area contributed by atoms with E-state index in [2.05, 4.69) is 10.1 Å². The topological polar surface area (TPSA) is 57.5 Å². The molecule has 6 heteroatoms. The van der Waals surface area contributed by atoms with Crippen molar-refractivity contribution in [1.82, 2.24) is 0 Å². The number of carbonyl (C=O) groups is 2. The second kappa shape index (κ2) is 10.2. The molecule has 0 radical (unpaired) electrons. The monoisotopic (exact) mass is 433 g/mol. The van der Waals surface area contributed by atoms with Crippen molar-refractivity contribution in [1.29, 1.82) is 0 Å². The number of ether oxygens (including phenoxy) is 1. The summed E-state index contributed by atoms with van der Waals surface area (Å²) >= 11 is 1.54. The first-order chi connectivity index (χ1) is 11.2. The largest absolute Gasteiger partial charge is 2.00 e. The summed E-state index contributed by atoms with van der Waals surface area (Å²) in [5.74, 6) is -0.739. The van der Waals surface area contributed by atoms with Crippen molar-refractivity contribution in [2.45, 2.75) is 11.3 Å². The van der Waals surface area contributed by atoms with Crippen LogP contribution in [0.2, 0.25) is 0 Å². The molecule has 0 fully saturated rings. The minimum Gasteiger partial charge on any atom is -0.622 e. The van der Waals surface area contributed by atoms with Crippen LogP contribution >= 0.6 is 11.8 Å². The number of benzene rings is 2. The summed E-state index contributed by atoms with van der Waals surface area (Å²) in [6.07, 6.45) is 3.67. The fraction of sp³-hybridized carbons (Fsp3) is 0.167. The summed E-state index contributed by atoms with van der Waals surface area (Å²) in [7, 11) is 1.32. The number of thioether (sulfide) groups is 1. The fourth-order valence-electron chi connectivity index (χ4n) is 2.08. The summed E-state index contributed by atoms with van der Waals surface area (Å²) in [5.41, 5.74) is 1.88. The van der Waals surface area contributed by atoms with Crippen LogP contribution in [0.1, 0.15) is 15.9 Å². The van der Waals surface area contributed by atoms with Crippen molar-refractivity contribution in [2.24, 2.45) is 0 Å². The molecule has 1 amide bonds. The van der Waals surface area contributed by atoms with Gasteiger partial charge in [-0.05, 0) is 17.2 Å². The fourth-order valence-corrected chi connectivity index (χ4v) is 2.61. The van der Waals surface area contributed by atoms with Crippen molar-refractivity contribution in [3.8, 4) is 0 Å². The zero-order chi connectivity index (χ0) is 16.7. The Bertz CT molecular complexity index is 706. The van der Waals surface area contributed by atoms with Crippen molar-refractivity contribution in [3.63, 3.8) is 0 Å². The van der Waals surface area contributed by atoms with E-state index >= 15 is 0 Å². The molecule has 0 saturated heterocycles. The molecule has 0 aromatic heterocycles. The molecule has 0 spiro atoms. The molecule has 0 saturated carbocycles. The number of carbonyl (C=O) groups excluding carboxylic acids is 2. The van der Waals surface area contributed by atoms with Crippen LogP contribution in [0.15, 0.2) is 53.4 Å². The van der Waals surface area contributed by atoms with E-state index in [-0.39, 0.29) is 26.3 Å². The maximum Gasteiger partial charge on any atom is 2.00 e. The first-order valence-corrected chi connectivity index (χ1v) is 8.26. The summed E-state index contributed by atoms with van der Waals surface area (Å²) < 4.78 is 4.59. The van der Waals surface area contributed by atoms with Gasteiger partial charge in [-0.15, -0.1) is 23.9 Å². The van der Waals surface area contributed by atoms with E-state index in [4.69, 9.17) is 0 Å². The maximum atomic E-state index is 12.5. The molecule has 0 unspecified atom stereocenters. The predicted molar refractivity (Wildman–Crippen MR) is 92.0 cm³/mol. The van der Waals surface area contributed by atoms with Crippen molar-refractivity contribution < 1.29 is 34.7 Å². The van der Waals surface area contributed by atoms with Gasteiger partial charge in [-0.3, -0.25) is 11.2 Å². The van der Waals surface area contributed by atoms with Crippen LogP contribution in [0.25, 0.3) is 5.32 Å². The first kappa shape index (κ1) is 20.3. The third-order valence-electron chi connectivity index (χ3n) is 3.24. The third kappa shape index (κ3) is 5.41. The van der Waals surface area contributed by atoms with Gasteiger partial charge in [-0.2, -0.15) is 0 Å². The Hall–Kier alpha value is -1.74. The minimum atomic E-state index is -0.420. The Labute approximate surface area is 160 Å². The molecule has 0 N–H and O–H groups in total. The summed E-state index contributed by atoms with van der Waals surface area (Å²) in [5, 5.41) is 4.22. The SMILES string of the molecule is COC(=O)[CH-]Cc1ccccc1C(=O)[N-]c1ccccc1SC.[Pd+2]. The number of hydrogen-bond donors (Lipinski definition) is 0. The average Bonchev–Trinajstić information content (AvgIpc) is 2.60. The predicted octanol–water partition coefficient (Wildman–Crippen LogP) is 4.17. The molecular weight excluding hydrogens is 417 g/mol. The van der Waals surface area contributed by atoms with Gasteiger partial charge in [0.2, 0.25) is 0 Å². The van der Waals surface area contributed by atoms with Crippen LogP contribution in [0.3, 0.4) is 0 Å². The van der Waals surface area contributed by atoms with Crippen molar-refractivity contribution >= 4 is 29.3 Å². The smallest absolute Gasteiger partial charge is 0.622 e. The third-order valence-corrected chi connectivity index (χ3v) is 4.03. The number of rotatable bonds is 6. The zero-order valence-corrected chi connectivity index (χ0v) is 15.7. The summed E-state index contributed by atoms with van der Waals surface area (Å²) in [4.78, 5) is 24.7. The van der Waals surface area contributed by atoms with E-state index in [0.29, 0.717) is 17.7 Å². The summed E-state index contributed by atoms with van der Waals surface area (Å²) in [6.45, 7) is 0. The van der Waals surface area contributed by atoms with Gasteiger partial charge in [0.25, 0.3) is 0 Å². The summed E-state index contributed by atoms with van der Waals surface area (Å²) in [6, 6.07) is 14.6. The second-order valence-electron chi connectivity index (χ2n) is 4.68. The Morgan fingerprint density at radius 2 is 1.79 bits per heavy atom.